The van der Waals surface area contributed by atoms with E-state index in [2.05, 4.69) is 4.90 Å². The number of aliphatic hydroxyl groups is 1. The van der Waals surface area contributed by atoms with E-state index in [9.17, 15) is 9.90 Å². The first-order chi connectivity index (χ1) is 7.67. The molecule has 16 heavy (non-hydrogen) atoms. The predicted molar refractivity (Wildman–Crippen MR) is 61.3 cm³/mol. The third-order valence-corrected chi connectivity index (χ3v) is 2.84. The molecule has 0 spiro atoms. The van der Waals surface area contributed by atoms with E-state index in [4.69, 9.17) is 4.74 Å². The van der Waals surface area contributed by atoms with Crippen LogP contribution in [0.4, 0.5) is 4.79 Å². The quantitative estimate of drug-likeness (QED) is 0.765. The minimum absolute atomic E-state index is 0.224. The maximum Gasteiger partial charge on any atom is 0.409 e. The van der Waals surface area contributed by atoms with Gasteiger partial charge in [-0.25, -0.2) is 4.79 Å². The Hall–Kier alpha value is -0.810. The maximum atomic E-state index is 11.4. The minimum atomic E-state index is -0.255. The standard InChI is InChI=1S/C11H22N2O3/c1-3-10(14)9-12-5-7-13(8-6-12)11(15)16-4-2/h10,14H,3-9H2,1-2H3. The summed E-state index contributed by atoms with van der Waals surface area (Å²) >= 11 is 0. The molecule has 0 aromatic carbocycles. The summed E-state index contributed by atoms with van der Waals surface area (Å²) in [4.78, 5) is 15.3. The number of amides is 1. The molecule has 0 aromatic rings. The van der Waals surface area contributed by atoms with Gasteiger partial charge in [0, 0.05) is 32.7 Å². The lowest BCUT2D eigenvalue weighted by atomic mass is 10.2. The van der Waals surface area contributed by atoms with Crippen LogP contribution in [0.1, 0.15) is 20.3 Å². The molecule has 5 heteroatoms. The third kappa shape index (κ3) is 3.98. The van der Waals surface area contributed by atoms with E-state index in [1.165, 1.54) is 0 Å². The van der Waals surface area contributed by atoms with E-state index >= 15 is 0 Å². The van der Waals surface area contributed by atoms with Crippen molar-refractivity contribution in [1.82, 2.24) is 9.80 Å². The molecule has 1 aliphatic rings. The molecule has 0 saturated carbocycles. The SMILES string of the molecule is CCOC(=O)N1CCN(CC(O)CC)CC1. The molecule has 1 saturated heterocycles. The van der Waals surface area contributed by atoms with Gasteiger partial charge in [-0.05, 0) is 13.3 Å². The molecule has 1 unspecified atom stereocenters. The lowest BCUT2D eigenvalue weighted by Gasteiger charge is -2.34. The van der Waals surface area contributed by atoms with Crippen LogP contribution in [0.15, 0.2) is 0 Å². The van der Waals surface area contributed by atoms with Gasteiger partial charge in [-0.15, -0.1) is 0 Å². The number of hydrogen-bond acceptors (Lipinski definition) is 4. The molecule has 1 atom stereocenters. The maximum absolute atomic E-state index is 11.4. The number of piperazine rings is 1. The zero-order valence-electron chi connectivity index (χ0n) is 10.2. The molecule has 0 radical (unpaired) electrons. The summed E-state index contributed by atoms with van der Waals surface area (Å²) < 4.78 is 4.94. The van der Waals surface area contributed by atoms with Gasteiger partial charge in [0.15, 0.2) is 0 Å². The molecule has 0 bridgehead atoms. The topological polar surface area (TPSA) is 53.0 Å². The lowest BCUT2D eigenvalue weighted by Crippen LogP contribution is -2.50. The number of β-amino-alcohol motifs (C(OH)–C–C–N with tert-alkyl or cyclic N) is 1. The number of carbonyl (C=O) groups is 1. The fourth-order valence-electron chi connectivity index (χ4n) is 1.75. The Kier molecular flexibility index (Phi) is 5.55. The first-order valence-corrected chi connectivity index (χ1v) is 5.99. The molecule has 0 aromatic heterocycles. The number of ether oxygens (including phenoxy) is 1. The van der Waals surface area contributed by atoms with Crippen molar-refractivity contribution in [3.63, 3.8) is 0 Å². The van der Waals surface area contributed by atoms with Crippen molar-refractivity contribution < 1.29 is 14.6 Å². The molecule has 94 valence electrons. The van der Waals surface area contributed by atoms with Gasteiger partial charge < -0.3 is 14.7 Å². The summed E-state index contributed by atoms with van der Waals surface area (Å²) in [7, 11) is 0. The van der Waals surface area contributed by atoms with E-state index in [0.29, 0.717) is 26.2 Å². The molecule has 0 aliphatic carbocycles. The Bertz CT molecular complexity index is 215. The zero-order valence-corrected chi connectivity index (χ0v) is 10.2. The van der Waals surface area contributed by atoms with E-state index in [1.807, 2.05) is 13.8 Å². The molecule has 1 aliphatic heterocycles. The summed E-state index contributed by atoms with van der Waals surface area (Å²) in [5.74, 6) is 0. The van der Waals surface area contributed by atoms with Crippen molar-refractivity contribution in [3.05, 3.63) is 0 Å². The number of nitrogens with zero attached hydrogens (tertiary/aromatic N) is 2. The van der Waals surface area contributed by atoms with Crippen LogP contribution in [-0.4, -0.2) is 66.4 Å². The van der Waals surface area contributed by atoms with Crippen LogP contribution in [0.5, 0.6) is 0 Å². The van der Waals surface area contributed by atoms with Crippen molar-refractivity contribution in [3.8, 4) is 0 Å². The van der Waals surface area contributed by atoms with Crippen molar-refractivity contribution in [2.75, 3.05) is 39.3 Å². The summed E-state index contributed by atoms with van der Waals surface area (Å²) in [6.45, 7) is 7.92. The van der Waals surface area contributed by atoms with Gasteiger partial charge in [0.05, 0.1) is 12.7 Å². The second kappa shape index (κ2) is 6.70. The largest absolute Gasteiger partial charge is 0.450 e. The summed E-state index contributed by atoms with van der Waals surface area (Å²) in [5, 5.41) is 9.52. The monoisotopic (exact) mass is 230 g/mol. The molecule has 1 rings (SSSR count). The first kappa shape index (κ1) is 13.3. The molecule has 1 heterocycles. The van der Waals surface area contributed by atoms with Crippen molar-refractivity contribution in [1.29, 1.82) is 0 Å². The normalized spacial score (nSPS) is 19.6. The molecular weight excluding hydrogens is 208 g/mol. The van der Waals surface area contributed by atoms with Gasteiger partial charge in [0.1, 0.15) is 0 Å². The zero-order chi connectivity index (χ0) is 12.0. The lowest BCUT2D eigenvalue weighted by molar-refractivity contribution is 0.0571. The minimum Gasteiger partial charge on any atom is -0.450 e. The average Bonchev–Trinajstić information content (AvgIpc) is 2.30. The van der Waals surface area contributed by atoms with Gasteiger partial charge in [-0.2, -0.15) is 0 Å². The second-order valence-corrected chi connectivity index (χ2v) is 4.05. The van der Waals surface area contributed by atoms with Gasteiger partial charge in [-0.3, -0.25) is 4.90 Å². The van der Waals surface area contributed by atoms with Crippen LogP contribution in [-0.2, 0) is 4.74 Å². The van der Waals surface area contributed by atoms with E-state index in [-0.39, 0.29) is 12.2 Å². The Balaban J connectivity index is 2.25. The Labute approximate surface area is 97.0 Å². The number of aliphatic hydroxyl groups excluding tert-OH is 1. The first-order valence-electron chi connectivity index (χ1n) is 5.99. The van der Waals surface area contributed by atoms with Crippen LogP contribution in [0, 0.1) is 0 Å². The van der Waals surface area contributed by atoms with Crippen LogP contribution < -0.4 is 0 Å². The van der Waals surface area contributed by atoms with Crippen LogP contribution in [0.3, 0.4) is 0 Å². The van der Waals surface area contributed by atoms with Crippen LogP contribution in [0.25, 0.3) is 0 Å². The average molecular weight is 230 g/mol. The van der Waals surface area contributed by atoms with Gasteiger partial charge in [0.2, 0.25) is 0 Å². The predicted octanol–water partition coefficient (Wildman–Crippen LogP) is 0.531. The van der Waals surface area contributed by atoms with Gasteiger partial charge >= 0.3 is 6.09 Å². The van der Waals surface area contributed by atoms with E-state index in [0.717, 1.165) is 19.5 Å². The summed E-state index contributed by atoms with van der Waals surface area (Å²) in [5.41, 5.74) is 0. The van der Waals surface area contributed by atoms with Crippen molar-refractivity contribution in [2.45, 2.75) is 26.4 Å². The highest BCUT2D eigenvalue weighted by molar-refractivity contribution is 5.67. The summed E-state index contributed by atoms with van der Waals surface area (Å²) in [6.07, 6.45) is 0.297. The Morgan fingerprint density at radius 2 is 1.94 bits per heavy atom. The fourth-order valence-corrected chi connectivity index (χ4v) is 1.75. The molecule has 1 amide bonds. The molecular formula is C11H22N2O3. The Morgan fingerprint density at radius 3 is 2.44 bits per heavy atom. The van der Waals surface area contributed by atoms with E-state index < -0.39 is 0 Å². The smallest absolute Gasteiger partial charge is 0.409 e. The molecule has 1 fully saturated rings. The fraction of sp³-hybridized carbons (Fsp3) is 0.909. The van der Waals surface area contributed by atoms with Crippen LogP contribution in [0.2, 0.25) is 0 Å². The number of hydrogen-bond donors (Lipinski definition) is 1. The van der Waals surface area contributed by atoms with Gasteiger partial charge in [-0.1, -0.05) is 6.92 Å². The van der Waals surface area contributed by atoms with Crippen molar-refractivity contribution in [2.24, 2.45) is 0 Å². The Morgan fingerprint density at radius 1 is 1.31 bits per heavy atom. The third-order valence-electron chi connectivity index (χ3n) is 2.84. The number of carbonyl (C=O) groups excluding carboxylic acids is 1. The molecule has 1 N–H and O–H groups in total. The van der Waals surface area contributed by atoms with Crippen molar-refractivity contribution >= 4 is 6.09 Å². The van der Waals surface area contributed by atoms with Gasteiger partial charge in [0.25, 0.3) is 0 Å². The summed E-state index contributed by atoms with van der Waals surface area (Å²) in [6, 6.07) is 0. The highest BCUT2D eigenvalue weighted by Crippen LogP contribution is 2.05. The highest BCUT2D eigenvalue weighted by Gasteiger charge is 2.22. The highest BCUT2D eigenvalue weighted by atomic mass is 16.6. The molecule has 5 nitrogen and oxygen atoms in total. The number of rotatable bonds is 4. The van der Waals surface area contributed by atoms with E-state index in [1.54, 1.807) is 4.90 Å². The van der Waals surface area contributed by atoms with Crippen LogP contribution >= 0.6 is 0 Å². The second-order valence-electron chi connectivity index (χ2n) is 4.05.